The normalized spacial score (nSPS) is 26.7. The summed E-state index contributed by atoms with van der Waals surface area (Å²) in [5, 5.41) is 4.30. The summed E-state index contributed by atoms with van der Waals surface area (Å²) in [6.45, 7) is 0. The molecule has 0 amide bonds. The molecule has 2 aliphatic heterocycles. The fourth-order valence-electron chi connectivity index (χ4n) is 4.14. The van der Waals surface area contributed by atoms with Gasteiger partial charge in [0, 0.05) is 24.5 Å². The highest BCUT2D eigenvalue weighted by molar-refractivity contribution is 7.89. The lowest BCUT2D eigenvalue weighted by atomic mass is 10.00. The van der Waals surface area contributed by atoms with Gasteiger partial charge in [-0.2, -0.15) is 9.40 Å². The highest BCUT2D eigenvalue weighted by atomic mass is 32.2. The first-order valence-corrected chi connectivity index (χ1v) is 9.81. The van der Waals surface area contributed by atoms with Gasteiger partial charge in [-0.3, -0.25) is 4.68 Å². The number of nitrogens with zero attached hydrogens (tertiary/aromatic N) is 3. The minimum Gasteiger partial charge on any atom is -0.494 e. The smallest absolute Gasteiger partial charge is 0.243 e. The van der Waals surface area contributed by atoms with E-state index in [1.165, 1.54) is 19.2 Å². The Bertz CT molecular complexity index is 855. The molecule has 0 saturated carbocycles. The van der Waals surface area contributed by atoms with Gasteiger partial charge < -0.3 is 4.74 Å². The zero-order valence-corrected chi connectivity index (χ0v) is 14.7. The molecule has 0 N–H and O–H groups in total. The van der Waals surface area contributed by atoms with Crippen molar-refractivity contribution in [1.82, 2.24) is 14.1 Å². The summed E-state index contributed by atoms with van der Waals surface area (Å²) in [5.74, 6) is -0.623. The van der Waals surface area contributed by atoms with Gasteiger partial charge in [0.05, 0.1) is 18.0 Å². The Morgan fingerprint density at radius 3 is 2.48 bits per heavy atom. The maximum Gasteiger partial charge on any atom is 0.243 e. The minimum absolute atomic E-state index is 0.0137. The number of sulfonamides is 1. The summed E-state index contributed by atoms with van der Waals surface area (Å²) < 4.78 is 48.5. The average Bonchev–Trinajstić information content (AvgIpc) is 3.22. The predicted molar refractivity (Wildman–Crippen MR) is 89.3 cm³/mol. The molecule has 2 fully saturated rings. The van der Waals surface area contributed by atoms with Crippen molar-refractivity contribution >= 4 is 10.0 Å². The maximum absolute atomic E-state index is 14.0. The van der Waals surface area contributed by atoms with Crippen LogP contribution in [0.3, 0.4) is 0 Å². The largest absolute Gasteiger partial charge is 0.494 e. The Balaban J connectivity index is 1.63. The monoisotopic (exact) mass is 365 g/mol. The van der Waals surface area contributed by atoms with Crippen LogP contribution in [0.1, 0.15) is 31.7 Å². The number of ether oxygens (including phenoxy) is 1. The van der Waals surface area contributed by atoms with Crippen LogP contribution < -0.4 is 4.74 Å². The summed E-state index contributed by atoms with van der Waals surface area (Å²) >= 11 is 0. The Morgan fingerprint density at radius 1 is 1.20 bits per heavy atom. The molecule has 2 aliphatic rings. The van der Waals surface area contributed by atoms with Gasteiger partial charge in [-0.25, -0.2) is 12.8 Å². The molecule has 2 bridgehead atoms. The Kier molecular flexibility index (Phi) is 4.04. The van der Waals surface area contributed by atoms with Gasteiger partial charge in [-0.05, 0) is 49.9 Å². The quantitative estimate of drug-likeness (QED) is 0.835. The molecule has 6 nitrogen and oxygen atoms in total. The molecule has 2 unspecified atom stereocenters. The molecule has 0 spiro atoms. The number of methoxy groups -OCH3 is 1. The topological polar surface area (TPSA) is 64.4 Å². The van der Waals surface area contributed by atoms with E-state index in [1.807, 2.05) is 16.9 Å². The second-order valence-corrected chi connectivity index (χ2v) is 8.47. The standard InChI is InChI=1S/C17H20FN3O3S/c1-24-17-6-5-15(11-16(17)18)25(22,23)21-12-3-4-13(21)10-14(9-12)20-8-2-7-19-20/h2,5-8,11-14H,3-4,9-10H2,1H3. The van der Waals surface area contributed by atoms with Gasteiger partial charge in [0.15, 0.2) is 11.6 Å². The van der Waals surface area contributed by atoms with Crippen molar-refractivity contribution in [2.24, 2.45) is 0 Å². The van der Waals surface area contributed by atoms with Crippen LogP contribution in [-0.2, 0) is 10.0 Å². The molecule has 8 heteroatoms. The first kappa shape index (κ1) is 16.5. The molecule has 25 heavy (non-hydrogen) atoms. The Labute approximate surface area is 146 Å². The van der Waals surface area contributed by atoms with Crippen LogP contribution in [0, 0.1) is 5.82 Å². The third-order valence-corrected chi connectivity index (χ3v) is 7.24. The lowest BCUT2D eigenvalue weighted by Gasteiger charge is -2.37. The van der Waals surface area contributed by atoms with E-state index in [-0.39, 0.29) is 28.8 Å². The van der Waals surface area contributed by atoms with E-state index in [0.29, 0.717) is 0 Å². The van der Waals surface area contributed by atoms with Crippen molar-refractivity contribution in [3.63, 3.8) is 0 Å². The van der Waals surface area contributed by atoms with Crippen LogP contribution in [0.2, 0.25) is 0 Å². The van der Waals surface area contributed by atoms with E-state index in [2.05, 4.69) is 5.10 Å². The third-order valence-electron chi connectivity index (χ3n) is 5.24. The van der Waals surface area contributed by atoms with Crippen molar-refractivity contribution in [2.45, 2.75) is 48.7 Å². The van der Waals surface area contributed by atoms with Gasteiger partial charge in [-0.15, -0.1) is 0 Å². The lowest BCUT2D eigenvalue weighted by molar-refractivity contribution is 0.184. The predicted octanol–water partition coefficient (Wildman–Crippen LogP) is 2.59. The molecule has 0 aliphatic carbocycles. The van der Waals surface area contributed by atoms with Crippen LogP contribution in [0.5, 0.6) is 5.75 Å². The van der Waals surface area contributed by atoms with E-state index in [0.717, 1.165) is 31.7 Å². The number of hydrogen-bond donors (Lipinski definition) is 0. The van der Waals surface area contributed by atoms with E-state index in [9.17, 15) is 12.8 Å². The van der Waals surface area contributed by atoms with Crippen LogP contribution in [0.4, 0.5) is 4.39 Å². The molecule has 1 aromatic heterocycles. The fourth-order valence-corrected chi connectivity index (χ4v) is 6.04. The summed E-state index contributed by atoms with van der Waals surface area (Å²) in [7, 11) is -2.38. The van der Waals surface area contributed by atoms with Gasteiger partial charge >= 0.3 is 0 Å². The molecule has 2 atom stereocenters. The summed E-state index contributed by atoms with van der Waals surface area (Å²) in [6.07, 6.45) is 6.80. The van der Waals surface area contributed by atoms with E-state index in [1.54, 1.807) is 10.5 Å². The molecule has 1 aromatic carbocycles. The number of benzene rings is 1. The summed E-state index contributed by atoms with van der Waals surface area (Å²) in [4.78, 5) is -0.0137. The number of halogens is 1. The van der Waals surface area contributed by atoms with Crippen LogP contribution in [-0.4, -0.2) is 41.7 Å². The fraction of sp³-hybridized carbons (Fsp3) is 0.471. The molecular formula is C17H20FN3O3S. The maximum atomic E-state index is 14.0. The second-order valence-electron chi connectivity index (χ2n) is 6.63. The Morgan fingerprint density at radius 2 is 1.92 bits per heavy atom. The number of hydrogen-bond acceptors (Lipinski definition) is 4. The van der Waals surface area contributed by atoms with E-state index in [4.69, 9.17) is 4.74 Å². The molecule has 4 rings (SSSR count). The van der Waals surface area contributed by atoms with Crippen molar-refractivity contribution in [2.75, 3.05) is 7.11 Å². The van der Waals surface area contributed by atoms with Gasteiger partial charge in [0.2, 0.25) is 10.0 Å². The average molecular weight is 365 g/mol. The van der Waals surface area contributed by atoms with Crippen LogP contribution in [0.15, 0.2) is 41.6 Å². The number of piperidine rings is 1. The highest BCUT2D eigenvalue weighted by Gasteiger charge is 2.47. The second kappa shape index (κ2) is 6.10. The first-order valence-electron chi connectivity index (χ1n) is 8.37. The van der Waals surface area contributed by atoms with Crippen molar-refractivity contribution in [3.05, 3.63) is 42.5 Å². The number of rotatable bonds is 4. The van der Waals surface area contributed by atoms with E-state index >= 15 is 0 Å². The highest BCUT2D eigenvalue weighted by Crippen LogP contribution is 2.43. The van der Waals surface area contributed by atoms with Gasteiger partial charge in [0.25, 0.3) is 0 Å². The van der Waals surface area contributed by atoms with Crippen molar-refractivity contribution in [1.29, 1.82) is 0 Å². The van der Waals surface area contributed by atoms with Crippen molar-refractivity contribution < 1.29 is 17.5 Å². The number of aromatic nitrogens is 2. The Hall–Kier alpha value is -1.93. The van der Waals surface area contributed by atoms with Gasteiger partial charge in [0.1, 0.15) is 0 Å². The van der Waals surface area contributed by atoms with E-state index < -0.39 is 15.8 Å². The first-order chi connectivity index (χ1) is 12.0. The number of fused-ring (bicyclic) bond motifs is 2. The molecule has 2 saturated heterocycles. The van der Waals surface area contributed by atoms with Crippen molar-refractivity contribution in [3.8, 4) is 5.75 Å². The molecular weight excluding hydrogens is 345 g/mol. The van der Waals surface area contributed by atoms with Crippen LogP contribution in [0.25, 0.3) is 0 Å². The third kappa shape index (κ3) is 2.73. The SMILES string of the molecule is COc1ccc(S(=O)(=O)N2C3CCC2CC(n2cccn2)C3)cc1F. The molecule has 3 heterocycles. The molecule has 0 radical (unpaired) electrons. The van der Waals surface area contributed by atoms with Gasteiger partial charge in [-0.1, -0.05) is 0 Å². The summed E-state index contributed by atoms with van der Waals surface area (Å²) in [5.41, 5.74) is 0. The van der Waals surface area contributed by atoms with Crippen LogP contribution >= 0.6 is 0 Å². The minimum atomic E-state index is -3.73. The summed E-state index contributed by atoms with van der Waals surface area (Å²) in [6, 6.07) is 5.78. The zero-order valence-electron chi connectivity index (χ0n) is 13.9. The molecule has 2 aromatic rings. The molecule has 134 valence electrons. The zero-order chi connectivity index (χ0) is 17.6. The lowest BCUT2D eigenvalue weighted by Crippen LogP contribution is -2.46.